The Bertz CT molecular complexity index is 1750. The molecule has 2 amide bonds. The minimum atomic E-state index is -0.369. The zero-order valence-electron chi connectivity index (χ0n) is 25.0. The molecule has 0 unspecified atom stereocenters. The van der Waals surface area contributed by atoms with Crippen LogP contribution in [0.15, 0.2) is 73.2 Å². The van der Waals surface area contributed by atoms with Gasteiger partial charge in [0.15, 0.2) is 0 Å². The Hall–Kier alpha value is -4.67. The topological polar surface area (TPSA) is 110 Å². The summed E-state index contributed by atoms with van der Waals surface area (Å²) in [6.07, 6.45) is 5.37. The van der Waals surface area contributed by atoms with E-state index >= 15 is 0 Å². The normalized spacial score (nSPS) is 14.1. The van der Waals surface area contributed by atoms with Gasteiger partial charge < -0.3 is 10.1 Å². The number of aryl methyl sites for hydroxylation is 1. The molecule has 4 heterocycles. The first-order valence-electron chi connectivity index (χ1n) is 14.5. The van der Waals surface area contributed by atoms with Crippen molar-refractivity contribution in [2.75, 3.05) is 36.9 Å². The monoisotopic (exact) mass is 576 g/mol. The van der Waals surface area contributed by atoms with E-state index in [1.807, 2.05) is 67.7 Å². The Kier molecular flexibility index (Phi) is 7.88. The number of pyridine rings is 1. The van der Waals surface area contributed by atoms with Crippen LogP contribution in [0.4, 0.5) is 16.3 Å². The van der Waals surface area contributed by atoms with Gasteiger partial charge in [0.2, 0.25) is 0 Å². The van der Waals surface area contributed by atoms with Gasteiger partial charge in [0, 0.05) is 54.0 Å². The molecule has 3 aromatic heterocycles. The van der Waals surface area contributed by atoms with Gasteiger partial charge in [0.25, 0.3) is 0 Å². The van der Waals surface area contributed by atoms with Crippen LogP contribution in [-0.2, 0) is 16.7 Å². The average Bonchev–Trinajstić information content (AvgIpc) is 3.43. The summed E-state index contributed by atoms with van der Waals surface area (Å²) in [7, 11) is 0. The summed E-state index contributed by atoms with van der Waals surface area (Å²) < 4.78 is 7.19. The summed E-state index contributed by atoms with van der Waals surface area (Å²) in [6.45, 7) is 12.2. The molecule has 1 saturated heterocycles. The number of aromatic nitrogens is 5. The molecular weight excluding hydrogens is 540 g/mol. The molecule has 0 bridgehead atoms. The molecule has 0 aliphatic carbocycles. The predicted molar refractivity (Wildman–Crippen MR) is 169 cm³/mol. The molecule has 43 heavy (non-hydrogen) atoms. The highest BCUT2D eigenvalue weighted by Crippen LogP contribution is 2.33. The number of rotatable bonds is 6. The molecule has 1 fully saturated rings. The fourth-order valence-corrected chi connectivity index (χ4v) is 5.12. The maximum absolute atomic E-state index is 13.4. The first kappa shape index (κ1) is 28.4. The van der Waals surface area contributed by atoms with E-state index in [1.165, 1.54) is 0 Å². The van der Waals surface area contributed by atoms with Gasteiger partial charge in [-0.25, -0.2) is 14.5 Å². The lowest BCUT2D eigenvalue weighted by Crippen LogP contribution is -2.35. The van der Waals surface area contributed by atoms with Gasteiger partial charge >= 0.3 is 6.03 Å². The number of nitrogens with zero attached hydrogens (tertiary/aromatic N) is 6. The molecule has 0 atom stereocenters. The quantitative estimate of drug-likeness (QED) is 0.257. The molecule has 0 saturated carbocycles. The van der Waals surface area contributed by atoms with E-state index in [2.05, 4.69) is 46.3 Å². The minimum Gasteiger partial charge on any atom is -0.379 e. The van der Waals surface area contributed by atoms with Crippen molar-refractivity contribution in [1.82, 2.24) is 29.6 Å². The third-order valence-electron chi connectivity index (χ3n) is 7.48. The smallest absolute Gasteiger partial charge is 0.324 e. The summed E-state index contributed by atoms with van der Waals surface area (Å²) >= 11 is 0. The molecule has 2 aromatic carbocycles. The first-order valence-corrected chi connectivity index (χ1v) is 14.5. The van der Waals surface area contributed by atoms with Crippen LogP contribution in [0.3, 0.4) is 0 Å². The fourth-order valence-electron chi connectivity index (χ4n) is 5.12. The van der Waals surface area contributed by atoms with Crippen LogP contribution < -0.4 is 10.6 Å². The van der Waals surface area contributed by atoms with Crippen molar-refractivity contribution in [3.05, 3.63) is 90.3 Å². The molecule has 10 nitrogen and oxygen atoms in total. The number of urea groups is 1. The number of amides is 2. The van der Waals surface area contributed by atoms with Crippen molar-refractivity contribution >= 4 is 28.3 Å². The van der Waals surface area contributed by atoms with Crippen molar-refractivity contribution in [3.63, 3.8) is 0 Å². The highest BCUT2D eigenvalue weighted by molar-refractivity contribution is 6.09. The summed E-state index contributed by atoms with van der Waals surface area (Å²) in [5.41, 5.74) is 5.68. The van der Waals surface area contributed by atoms with Gasteiger partial charge in [-0.05, 0) is 30.5 Å². The summed E-state index contributed by atoms with van der Waals surface area (Å²) in [6, 6.07) is 17.3. The number of benzene rings is 2. The number of carbonyl (C=O) groups is 1. The van der Waals surface area contributed by atoms with Gasteiger partial charge in [-0.2, -0.15) is 5.10 Å². The Morgan fingerprint density at radius 3 is 2.49 bits per heavy atom. The second-order valence-electron chi connectivity index (χ2n) is 11.8. The van der Waals surface area contributed by atoms with E-state index < -0.39 is 0 Å². The first-order chi connectivity index (χ1) is 20.7. The number of fused-ring (bicyclic) bond motifs is 1. The standard InChI is InChI=1S/C33H36N8O2/c1-22-9-10-24(19-35-22)41-31(17-30(39-41)33(2,3)4)38-32(42)37-28-12-11-27(25-7-5-6-8-26(25)28)29-20-34-18-23(36-29)21-40-13-15-43-16-14-40/h5-12,17-20H,13-16,21H2,1-4H3,(H2,37,38,42). The average molecular weight is 577 g/mol. The van der Waals surface area contributed by atoms with Gasteiger partial charge in [-0.15, -0.1) is 0 Å². The molecule has 0 spiro atoms. The molecular formula is C33H36N8O2. The number of hydrogen-bond acceptors (Lipinski definition) is 7. The predicted octanol–water partition coefficient (Wildman–Crippen LogP) is 5.96. The van der Waals surface area contributed by atoms with E-state index in [9.17, 15) is 4.79 Å². The largest absolute Gasteiger partial charge is 0.379 e. The van der Waals surface area contributed by atoms with E-state index in [1.54, 1.807) is 17.1 Å². The maximum atomic E-state index is 13.4. The maximum Gasteiger partial charge on any atom is 0.324 e. The number of anilines is 2. The Balaban J connectivity index is 1.27. The van der Waals surface area contributed by atoms with Crippen molar-refractivity contribution in [1.29, 1.82) is 0 Å². The number of morpholine rings is 1. The lowest BCUT2D eigenvalue weighted by Gasteiger charge is -2.26. The molecule has 5 aromatic rings. The van der Waals surface area contributed by atoms with E-state index in [0.717, 1.165) is 77.6 Å². The van der Waals surface area contributed by atoms with E-state index in [0.29, 0.717) is 11.5 Å². The van der Waals surface area contributed by atoms with Gasteiger partial charge in [-0.3, -0.25) is 20.2 Å². The molecule has 1 aliphatic rings. The van der Waals surface area contributed by atoms with Crippen LogP contribution in [0.25, 0.3) is 27.7 Å². The molecule has 10 heteroatoms. The SMILES string of the molecule is Cc1ccc(-n2nc(C(C)(C)C)cc2NC(=O)Nc2ccc(-c3cncc(CN4CCOCC4)n3)c3ccccc23)cn1. The lowest BCUT2D eigenvalue weighted by atomic mass is 9.92. The summed E-state index contributed by atoms with van der Waals surface area (Å²) in [5, 5.41) is 12.7. The molecule has 0 radical (unpaired) electrons. The molecule has 1 aliphatic heterocycles. The Labute approximate surface area is 251 Å². The van der Waals surface area contributed by atoms with Crippen LogP contribution in [-0.4, -0.2) is 62.0 Å². The van der Waals surface area contributed by atoms with Crippen molar-refractivity contribution in [3.8, 4) is 16.9 Å². The Morgan fingerprint density at radius 2 is 1.74 bits per heavy atom. The van der Waals surface area contributed by atoms with Crippen molar-refractivity contribution in [2.45, 2.75) is 39.7 Å². The summed E-state index contributed by atoms with van der Waals surface area (Å²) in [4.78, 5) is 29.6. The second-order valence-corrected chi connectivity index (χ2v) is 11.8. The second kappa shape index (κ2) is 11.9. The van der Waals surface area contributed by atoms with Crippen molar-refractivity contribution in [2.24, 2.45) is 0 Å². The third kappa shape index (κ3) is 6.40. The zero-order valence-corrected chi connectivity index (χ0v) is 25.0. The summed E-state index contributed by atoms with van der Waals surface area (Å²) in [5.74, 6) is 0.557. The third-order valence-corrected chi connectivity index (χ3v) is 7.48. The highest BCUT2D eigenvalue weighted by atomic mass is 16.5. The van der Waals surface area contributed by atoms with E-state index in [-0.39, 0.29) is 11.4 Å². The van der Waals surface area contributed by atoms with Crippen LogP contribution in [0.2, 0.25) is 0 Å². The molecule has 6 rings (SSSR count). The van der Waals surface area contributed by atoms with Gasteiger partial charge in [-0.1, -0.05) is 51.1 Å². The molecule has 220 valence electrons. The van der Waals surface area contributed by atoms with Crippen LogP contribution >= 0.6 is 0 Å². The van der Waals surface area contributed by atoms with Crippen molar-refractivity contribution < 1.29 is 9.53 Å². The van der Waals surface area contributed by atoms with Gasteiger partial charge in [0.05, 0.1) is 54.1 Å². The van der Waals surface area contributed by atoms with Gasteiger partial charge in [0.1, 0.15) is 5.82 Å². The van der Waals surface area contributed by atoms with Crippen LogP contribution in [0.5, 0.6) is 0 Å². The number of ether oxygens (including phenoxy) is 1. The lowest BCUT2D eigenvalue weighted by molar-refractivity contribution is 0.0336. The molecule has 2 N–H and O–H groups in total. The van der Waals surface area contributed by atoms with E-state index in [4.69, 9.17) is 14.8 Å². The fraction of sp³-hybridized carbons (Fsp3) is 0.303. The highest BCUT2D eigenvalue weighted by Gasteiger charge is 2.22. The Morgan fingerprint density at radius 1 is 0.953 bits per heavy atom. The number of hydrogen-bond donors (Lipinski definition) is 2. The zero-order chi connectivity index (χ0) is 30.0. The number of carbonyl (C=O) groups excluding carboxylic acids is 1. The van der Waals surface area contributed by atoms with Crippen LogP contribution in [0.1, 0.15) is 37.9 Å². The van der Waals surface area contributed by atoms with Crippen LogP contribution in [0, 0.1) is 6.92 Å². The number of nitrogens with one attached hydrogen (secondary N) is 2. The minimum absolute atomic E-state index is 0.204.